The van der Waals surface area contributed by atoms with Gasteiger partial charge in [0.15, 0.2) is 5.79 Å². The molecule has 6 atom stereocenters. The molecule has 10 heteroatoms. The Bertz CT molecular complexity index is 542. The Balaban J connectivity index is 2.04. The summed E-state index contributed by atoms with van der Waals surface area (Å²) in [5.41, 5.74) is -0.880. The van der Waals surface area contributed by atoms with E-state index in [2.05, 4.69) is 22.6 Å². The molecule has 0 N–H and O–H groups in total. The zero-order valence-corrected chi connectivity index (χ0v) is 17.2. The minimum absolute atomic E-state index is 0.0241. The Labute approximate surface area is 167 Å². The van der Waals surface area contributed by atoms with Gasteiger partial charge in [-0.1, -0.05) is 35.4 Å². The van der Waals surface area contributed by atoms with Crippen molar-refractivity contribution in [1.29, 1.82) is 0 Å². The Morgan fingerprint density at radius 2 is 1.67 bits per heavy atom. The molecule has 0 amide bonds. The molecule has 1 heterocycles. The molecule has 158 valence electrons. The van der Waals surface area contributed by atoms with E-state index in [0.29, 0.717) is 19.3 Å². The molecule has 0 bridgehead atoms. The number of methoxy groups -OCH3 is 1. The number of hydrogen-bond acceptors (Lipinski definition) is 3. The first kappa shape index (κ1) is 21.9. The summed E-state index contributed by atoms with van der Waals surface area (Å²) in [6.07, 6.45) is -12.6. The highest BCUT2D eigenvalue weighted by molar-refractivity contribution is 14.1. The molecule has 3 nitrogen and oxygen atoms in total. The van der Waals surface area contributed by atoms with Gasteiger partial charge in [0.2, 0.25) is 0 Å². The molecule has 0 aromatic rings. The third kappa shape index (κ3) is 3.50. The van der Waals surface area contributed by atoms with Crippen LogP contribution in [0.2, 0.25) is 0 Å². The monoisotopic (exact) mass is 516 g/mol. The van der Waals surface area contributed by atoms with E-state index in [1.54, 1.807) is 6.92 Å². The first-order valence-electron chi connectivity index (χ1n) is 9.04. The summed E-state index contributed by atoms with van der Waals surface area (Å²) in [4.78, 5) is 0. The van der Waals surface area contributed by atoms with Crippen LogP contribution < -0.4 is 0 Å². The molecule has 1 aliphatic heterocycles. The van der Waals surface area contributed by atoms with Crippen LogP contribution in [-0.2, 0) is 14.2 Å². The number of hydrogen-bond donors (Lipinski definition) is 0. The van der Waals surface area contributed by atoms with Gasteiger partial charge in [-0.15, -0.1) is 0 Å². The smallest absolute Gasteiger partial charge is 0.380 e. The molecule has 3 fully saturated rings. The summed E-state index contributed by atoms with van der Waals surface area (Å²) in [5.74, 6) is -2.08. The van der Waals surface area contributed by atoms with Crippen LogP contribution in [-0.4, -0.2) is 47.5 Å². The summed E-state index contributed by atoms with van der Waals surface area (Å²) < 4.78 is 95.5. The molecule has 1 saturated heterocycles. The predicted molar refractivity (Wildman–Crippen MR) is 92.5 cm³/mol. The van der Waals surface area contributed by atoms with E-state index in [0.717, 1.165) is 12.8 Å². The zero-order chi connectivity index (χ0) is 20.3. The largest absolute Gasteiger partial charge is 0.423 e. The second kappa shape index (κ2) is 7.16. The summed E-state index contributed by atoms with van der Waals surface area (Å²) in [5, 5.41) is 0. The van der Waals surface area contributed by atoms with Crippen molar-refractivity contribution in [2.75, 3.05) is 7.11 Å². The fourth-order valence-corrected chi connectivity index (χ4v) is 6.16. The second-order valence-corrected chi connectivity index (χ2v) is 9.25. The quantitative estimate of drug-likeness (QED) is 0.286. The lowest BCUT2D eigenvalue weighted by Gasteiger charge is -2.63. The van der Waals surface area contributed by atoms with Gasteiger partial charge in [0, 0.05) is 18.9 Å². The third-order valence-corrected chi connectivity index (χ3v) is 8.19. The van der Waals surface area contributed by atoms with Crippen LogP contribution in [0.1, 0.15) is 45.4 Å². The highest BCUT2D eigenvalue weighted by Gasteiger charge is 2.73. The minimum Gasteiger partial charge on any atom is -0.380 e. The maximum absolute atomic E-state index is 13.2. The van der Waals surface area contributed by atoms with Crippen molar-refractivity contribution < 1.29 is 40.6 Å². The Morgan fingerprint density at radius 1 is 1.04 bits per heavy atom. The highest BCUT2D eigenvalue weighted by Crippen LogP contribution is 2.67. The van der Waals surface area contributed by atoms with E-state index in [1.807, 2.05) is 0 Å². The van der Waals surface area contributed by atoms with Gasteiger partial charge in [0.1, 0.15) is 0 Å². The minimum atomic E-state index is -5.56. The van der Waals surface area contributed by atoms with Crippen molar-refractivity contribution >= 4 is 22.6 Å². The number of rotatable bonds is 3. The van der Waals surface area contributed by atoms with Crippen molar-refractivity contribution in [2.45, 2.75) is 85.8 Å². The Kier molecular flexibility index (Phi) is 5.80. The molecule has 1 spiro atoms. The molecular formula is C17H23F6IO3. The van der Waals surface area contributed by atoms with Gasteiger partial charge in [-0.05, 0) is 32.1 Å². The van der Waals surface area contributed by atoms with E-state index in [4.69, 9.17) is 14.2 Å². The van der Waals surface area contributed by atoms with Crippen LogP contribution in [0.5, 0.6) is 0 Å². The molecule has 27 heavy (non-hydrogen) atoms. The third-order valence-electron chi connectivity index (χ3n) is 6.47. The van der Waals surface area contributed by atoms with Crippen LogP contribution in [0, 0.1) is 11.3 Å². The SMILES string of the molecule is CO[C@@H]1[C@@H](I)[C@H](C)O[C@]2(OC(C(F)(F)F)C(F)(F)F)CC[C@@]23CCCC[C@H]13. The lowest BCUT2D eigenvalue weighted by atomic mass is 9.50. The van der Waals surface area contributed by atoms with Crippen molar-refractivity contribution in [3.63, 3.8) is 0 Å². The predicted octanol–water partition coefficient (Wildman–Crippen LogP) is 5.40. The molecule has 0 radical (unpaired) electrons. The van der Waals surface area contributed by atoms with Gasteiger partial charge in [-0.25, -0.2) is 0 Å². The lowest BCUT2D eigenvalue weighted by Crippen LogP contribution is -2.68. The molecule has 0 aromatic carbocycles. The fraction of sp³-hybridized carbons (Fsp3) is 1.00. The summed E-state index contributed by atoms with van der Waals surface area (Å²) in [6, 6.07) is 0. The van der Waals surface area contributed by atoms with Crippen LogP contribution in [0.25, 0.3) is 0 Å². The normalized spacial score (nSPS) is 42.9. The fourth-order valence-electron chi connectivity index (χ4n) is 5.22. The van der Waals surface area contributed by atoms with Gasteiger partial charge >= 0.3 is 12.4 Å². The second-order valence-electron chi connectivity index (χ2n) is 7.81. The van der Waals surface area contributed by atoms with E-state index < -0.39 is 35.8 Å². The van der Waals surface area contributed by atoms with E-state index in [9.17, 15) is 26.3 Å². The van der Waals surface area contributed by atoms with Gasteiger partial charge < -0.3 is 14.2 Å². The van der Waals surface area contributed by atoms with Crippen molar-refractivity contribution in [2.24, 2.45) is 11.3 Å². The zero-order valence-electron chi connectivity index (χ0n) is 15.0. The van der Waals surface area contributed by atoms with Crippen LogP contribution in [0.4, 0.5) is 26.3 Å². The first-order valence-corrected chi connectivity index (χ1v) is 10.3. The molecule has 0 aromatic heterocycles. The highest BCUT2D eigenvalue weighted by atomic mass is 127. The molecule has 3 aliphatic rings. The Hall–Kier alpha value is 0.190. The number of halogens is 7. The van der Waals surface area contributed by atoms with E-state index in [1.165, 1.54) is 7.11 Å². The average Bonchev–Trinajstić information content (AvgIpc) is 2.59. The maximum atomic E-state index is 13.2. The van der Waals surface area contributed by atoms with Gasteiger partial charge in [-0.3, -0.25) is 0 Å². The van der Waals surface area contributed by atoms with Crippen molar-refractivity contribution in [3.05, 3.63) is 0 Å². The summed E-state index contributed by atoms with van der Waals surface area (Å²) in [6.45, 7) is 1.66. The number of ether oxygens (including phenoxy) is 3. The van der Waals surface area contributed by atoms with E-state index in [-0.39, 0.29) is 22.4 Å². The van der Waals surface area contributed by atoms with Gasteiger partial charge in [-0.2, -0.15) is 26.3 Å². The lowest BCUT2D eigenvalue weighted by molar-refractivity contribution is -0.441. The molecule has 2 aliphatic carbocycles. The van der Waals surface area contributed by atoms with Crippen molar-refractivity contribution in [3.8, 4) is 0 Å². The average molecular weight is 516 g/mol. The summed E-state index contributed by atoms with van der Waals surface area (Å²) in [7, 11) is 1.53. The maximum Gasteiger partial charge on any atom is 0.423 e. The standard InChI is InChI=1S/C17H23F6IO3/c1-9-11(24)12(25-2)10-5-3-4-6-14(10)7-8-15(14,26-9)27-13(16(18,19)20)17(21,22)23/h9-13H,3-8H2,1-2H3/t9-,10+,11-,12-,14+,15-/m0/s1. The first-order chi connectivity index (χ1) is 12.4. The van der Waals surface area contributed by atoms with Crippen molar-refractivity contribution in [1.82, 2.24) is 0 Å². The van der Waals surface area contributed by atoms with Crippen LogP contribution in [0.3, 0.4) is 0 Å². The molecule has 2 saturated carbocycles. The van der Waals surface area contributed by atoms with Gasteiger partial charge in [0.05, 0.1) is 16.1 Å². The molecule has 0 unspecified atom stereocenters. The van der Waals surface area contributed by atoms with Crippen LogP contribution >= 0.6 is 22.6 Å². The topological polar surface area (TPSA) is 27.7 Å². The number of alkyl halides is 7. The summed E-state index contributed by atoms with van der Waals surface area (Å²) >= 11 is 2.13. The van der Waals surface area contributed by atoms with Gasteiger partial charge in [0.25, 0.3) is 6.10 Å². The molecular weight excluding hydrogens is 493 g/mol. The van der Waals surface area contributed by atoms with E-state index >= 15 is 0 Å². The Morgan fingerprint density at radius 3 is 2.15 bits per heavy atom. The molecule has 3 rings (SSSR count). The van der Waals surface area contributed by atoms with Crippen LogP contribution in [0.15, 0.2) is 0 Å².